The molecule has 0 bridgehead atoms. The van der Waals surface area contributed by atoms with Crippen LogP contribution in [0.2, 0.25) is 10.0 Å². The highest BCUT2D eigenvalue weighted by molar-refractivity contribution is 6.34. The third-order valence-corrected chi connectivity index (χ3v) is 8.00. The monoisotopic (exact) mass is 615 g/mol. The maximum atomic E-state index is 13.8. The van der Waals surface area contributed by atoms with Crippen LogP contribution >= 0.6 is 23.2 Å². The lowest BCUT2D eigenvalue weighted by molar-refractivity contribution is -0.138. The van der Waals surface area contributed by atoms with E-state index >= 15 is 0 Å². The van der Waals surface area contributed by atoms with Crippen molar-refractivity contribution in [2.45, 2.75) is 44.6 Å². The van der Waals surface area contributed by atoms with Gasteiger partial charge in [0.15, 0.2) is 0 Å². The molecular weight excluding hydrogens is 586 g/mol. The largest absolute Gasteiger partial charge is 0.416 e. The number of halogens is 5. The minimum absolute atomic E-state index is 0.131. The van der Waals surface area contributed by atoms with Crippen molar-refractivity contribution in [3.63, 3.8) is 0 Å². The van der Waals surface area contributed by atoms with Gasteiger partial charge in [0.1, 0.15) is 0 Å². The number of alkyl halides is 3. The van der Waals surface area contributed by atoms with Crippen LogP contribution in [0, 0.1) is 6.92 Å². The molecular formula is C31H30Cl2F3N5O. The van der Waals surface area contributed by atoms with Crippen LogP contribution in [0.4, 0.5) is 23.7 Å². The number of aromatic amines is 1. The number of piperidine rings is 1. The van der Waals surface area contributed by atoms with E-state index < -0.39 is 17.8 Å². The molecule has 220 valence electrons. The zero-order valence-corrected chi connectivity index (χ0v) is 24.3. The van der Waals surface area contributed by atoms with Crippen molar-refractivity contribution in [2.24, 2.45) is 0 Å². The van der Waals surface area contributed by atoms with Gasteiger partial charge in [0.25, 0.3) is 0 Å². The Labute approximate surface area is 252 Å². The van der Waals surface area contributed by atoms with Gasteiger partial charge in [-0.1, -0.05) is 53.5 Å². The number of aromatic nitrogens is 2. The molecule has 3 aromatic carbocycles. The number of carbonyl (C=O) groups excluding carboxylic acids is 1. The van der Waals surface area contributed by atoms with Crippen molar-refractivity contribution < 1.29 is 18.0 Å². The van der Waals surface area contributed by atoms with Crippen LogP contribution in [0.5, 0.6) is 0 Å². The average molecular weight is 617 g/mol. The molecule has 1 aliphatic rings. The Morgan fingerprint density at radius 1 is 1.07 bits per heavy atom. The fourth-order valence-electron chi connectivity index (χ4n) is 5.56. The highest BCUT2D eigenvalue weighted by atomic mass is 35.5. The Morgan fingerprint density at radius 2 is 1.76 bits per heavy atom. The fraction of sp³-hybridized carbons (Fsp3) is 0.290. The number of nitrogens with zero attached hydrogens (tertiary/aromatic N) is 3. The van der Waals surface area contributed by atoms with Gasteiger partial charge in [-0.2, -0.15) is 13.2 Å². The number of urea groups is 1. The van der Waals surface area contributed by atoms with Gasteiger partial charge in [-0.05, 0) is 72.9 Å². The number of hydrogen-bond donors (Lipinski definition) is 2. The van der Waals surface area contributed by atoms with E-state index in [1.165, 1.54) is 25.4 Å². The Balaban J connectivity index is 1.39. The number of para-hydroxylation sites is 1. The molecule has 1 atom stereocenters. The Morgan fingerprint density at radius 3 is 2.38 bits per heavy atom. The van der Waals surface area contributed by atoms with Crippen LogP contribution in [0.3, 0.4) is 0 Å². The van der Waals surface area contributed by atoms with E-state index in [1.54, 1.807) is 35.4 Å². The first-order chi connectivity index (χ1) is 20.1. The van der Waals surface area contributed by atoms with E-state index in [-0.39, 0.29) is 17.6 Å². The minimum atomic E-state index is -4.46. The minimum Gasteiger partial charge on any atom is -0.347 e. The molecule has 2 N–H and O–H groups in total. The van der Waals surface area contributed by atoms with Gasteiger partial charge in [0.2, 0.25) is 0 Å². The van der Waals surface area contributed by atoms with Crippen LogP contribution in [0.1, 0.15) is 46.8 Å². The van der Waals surface area contributed by atoms with Crippen molar-refractivity contribution in [3.05, 3.63) is 117 Å². The van der Waals surface area contributed by atoms with E-state index in [1.807, 2.05) is 30.3 Å². The standard InChI is InChI=1S/C31H30Cl2F3N5O/c1-20-7-8-22(15-27(20)31(34,35)36)29(28-17-37-19-38-28)40-11-9-26(10-12-40)41(18-21-13-23(32)16-24(33)14-21)30(42)39-25-5-3-2-4-6-25/h2-8,13-17,19,26,29H,9-12,18H2,1H3,(H,37,38)(H,39,42). The lowest BCUT2D eigenvalue weighted by Crippen LogP contribution is -2.49. The van der Waals surface area contributed by atoms with Crippen LogP contribution in [0.25, 0.3) is 0 Å². The van der Waals surface area contributed by atoms with Gasteiger partial charge >= 0.3 is 12.2 Å². The maximum Gasteiger partial charge on any atom is 0.416 e. The molecule has 0 radical (unpaired) electrons. The number of benzene rings is 3. The average Bonchev–Trinajstić information content (AvgIpc) is 3.47. The summed E-state index contributed by atoms with van der Waals surface area (Å²) in [5.41, 5.74) is 2.24. The van der Waals surface area contributed by atoms with Crippen molar-refractivity contribution in [3.8, 4) is 0 Å². The summed E-state index contributed by atoms with van der Waals surface area (Å²) < 4.78 is 41.4. The lowest BCUT2D eigenvalue weighted by atomic mass is 9.94. The van der Waals surface area contributed by atoms with Crippen LogP contribution < -0.4 is 5.32 Å². The van der Waals surface area contributed by atoms with Gasteiger partial charge in [-0.3, -0.25) is 4.90 Å². The molecule has 0 aliphatic carbocycles. The third-order valence-electron chi connectivity index (χ3n) is 7.56. The molecule has 1 aromatic heterocycles. The summed E-state index contributed by atoms with van der Waals surface area (Å²) in [6.07, 6.45) is -0.0637. The zero-order valence-electron chi connectivity index (χ0n) is 22.8. The summed E-state index contributed by atoms with van der Waals surface area (Å²) in [6.45, 7) is 2.86. The van der Waals surface area contributed by atoms with Gasteiger partial charge in [-0.15, -0.1) is 0 Å². The van der Waals surface area contributed by atoms with Gasteiger partial charge in [0, 0.05) is 47.6 Å². The van der Waals surface area contributed by atoms with Crippen LogP contribution in [-0.2, 0) is 12.7 Å². The number of imidazole rings is 1. The topological polar surface area (TPSA) is 64.3 Å². The molecule has 0 saturated carbocycles. The summed E-state index contributed by atoms with van der Waals surface area (Å²) in [5, 5.41) is 3.95. The van der Waals surface area contributed by atoms with Crippen molar-refractivity contribution in [2.75, 3.05) is 18.4 Å². The SMILES string of the molecule is Cc1ccc(C(c2cnc[nH]2)N2CCC(N(Cc3cc(Cl)cc(Cl)c3)C(=O)Nc3ccccc3)CC2)cc1C(F)(F)F. The molecule has 11 heteroatoms. The first-order valence-corrected chi connectivity index (χ1v) is 14.3. The van der Waals surface area contributed by atoms with Crippen LogP contribution in [0.15, 0.2) is 79.3 Å². The summed E-state index contributed by atoms with van der Waals surface area (Å²) in [6, 6.07) is 18.1. The number of hydrogen-bond acceptors (Lipinski definition) is 3. The number of aryl methyl sites for hydroxylation is 1. The second-order valence-corrected chi connectivity index (χ2v) is 11.3. The number of rotatable bonds is 7. The third kappa shape index (κ3) is 7.09. The maximum absolute atomic E-state index is 13.8. The first kappa shape index (κ1) is 29.9. The number of H-pyrrole nitrogens is 1. The van der Waals surface area contributed by atoms with E-state index in [0.29, 0.717) is 59.5 Å². The molecule has 1 unspecified atom stereocenters. The highest BCUT2D eigenvalue weighted by Gasteiger charge is 2.36. The molecule has 4 aromatic rings. The van der Waals surface area contributed by atoms with E-state index in [4.69, 9.17) is 23.2 Å². The summed E-state index contributed by atoms with van der Waals surface area (Å²) in [4.78, 5) is 24.7. The highest BCUT2D eigenvalue weighted by Crippen LogP contribution is 2.37. The summed E-state index contributed by atoms with van der Waals surface area (Å²) in [5.74, 6) is 0. The summed E-state index contributed by atoms with van der Waals surface area (Å²) in [7, 11) is 0. The van der Waals surface area contributed by atoms with E-state index in [0.717, 1.165) is 5.56 Å². The predicted molar refractivity (Wildman–Crippen MR) is 159 cm³/mol. The quantitative estimate of drug-likeness (QED) is 0.220. The fourth-order valence-corrected chi connectivity index (χ4v) is 6.13. The Hall–Kier alpha value is -3.53. The number of likely N-dealkylation sites (tertiary alicyclic amines) is 1. The lowest BCUT2D eigenvalue weighted by Gasteiger charge is -2.41. The molecule has 1 saturated heterocycles. The number of amides is 2. The zero-order chi connectivity index (χ0) is 29.9. The van der Waals surface area contributed by atoms with Crippen molar-refractivity contribution in [1.82, 2.24) is 19.8 Å². The van der Waals surface area contributed by atoms with Crippen molar-refractivity contribution in [1.29, 1.82) is 0 Å². The number of carbonyl (C=O) groups is 1. The normalized spacial score (nSPS) is 15.4. The molecule has 1 aliphatic heterocycles. The molecule has 5 rings (SSSR count). The second-order valence-electron chi connectivity index (χ2n) is 10.5. The Bertz CT molecular complexity index is 1490. The van der Waals surface area contributed by atoms with Crippen molar-refractivity contribution >= 4 is 34.9 Å². The van der Waals surface area contributed by atoms with E-state index in [2.05, 4.69) is 20.2 Å². The Kier molecular flexibility index (Phi) is 9.11. The van der Waals surface area contributed by atoms with Gasteiger partial charge in [0.05, 0.1) is 23.6 Å². The smallest absolute Gasteiger partial charge is 0.347 e. The molecule has 0 spiro atoms. The molecule has 2 heterocycles. The molecule has 1 fully saturated rings. The first-order valence-electron chi connectivity index (χ1n) is 13.6. The van der Waals surface area contributed by atoms with Gasteiger partial charge < -0.3 is 15.2 Å². The number of anilines is 1. The van der Waals surface area contributed by atoms with E-state index in [9.17, 15) is 18.0 Å². The van der Waals surface area contributed by atoms with Crippen LogP contribution in [-0.4, -0.2) is 44.9 Å². The molecule has 42 heavy (non-hydrogen) atoms. The van der Waals surface area contributed by atoms with Gasteiger partial charge in [-0.25, -0.2) is 9.78 Å². The predicted octanol–water partition coefficient (Wildman–Crippen LogP) is 8.33. The molecule has 6 nitrogen and oxygen atoms in total. The number of nitrogens with one attached hydrogen (secondary N) is 2. The summed E-state index contributed by atoms with van der Waals surface area (Å²) >= 11 is 12.5. The molecule has 2 amide bonds. The second kappa shape index (κ2) is 12.8.